The average Bonchev–Trinajstić information content (AvgIpc) is 2.88. The van der Waals surface area contributed by atoms with Gasteiger partial charge in [-0.05, 0) is 21.0 Å². The van der Waals surface area contributed by atoms with E-state index in [-0.39, 0.29) is 18.3 Å². The van der Waals surface area contributed by atoms with Gasteiger partial charge in [-0.25, -0.2) is 0 Å². The predicted molar refractivity (Wildman–Crippen MR) is 159 cm³/mol. The van der Waals surface area contributed by atoms with E-state index < -0.39 is 47.4 Å². The van der Waals surface area contributed by atoms with Crippen molar-refractivity contribution in [2.24, 2.45) is 0 Å². The highest BCUT2D eigenvalue weighted by molar-refractivity contribution is 7.86. The van der Waals surface area contributed by atoms with Gasteiger partial charge in [-0.3, -0.25) is 8.37 Å². The van der Waals surface area contributed by atoms with Gasteiger partial charge in [0.2, 0.25) is 0 Å². The molecule has 0 saturated heterocycles. The van der Waals surface area contributed by atoms with Gasteiger partial charge in [-0.15, -0.1) is 0 Å². The van der Waals surface area contributed by atoms with E-state index in [2.05, 4.69) is 20.8 Å². The molecule has 11 heteroatoms. The quantitative estimate of drug-likeness (QED) is 0.203. The maximum absolute atomic E-state index is 12.4. The molecule has 0 aliphatic rings. The van der Waals surface area contributed by atoms with E-state index in [0.29, 0.717) is 0 Å². The Hall–Kier alpha value is -2.38. The van der Waals surface area contributed by atoms with Crippen LogP contribution >= 0.6 is 0 Å². The molecular formula is C29H38O8S2Si. The second kappa shape index (κ2) is 13.5. The van der Waals surface area contributed by atoms with E-state index in [1.165, 1.54) is 0 Å². The van der Waals surface area contributed by atoms with Crippen LogP contribution in [0, 0.1) is 0 Å². The third-order valence-electron chi connectivity index (χ3n) is 6.35. The molecule has 2 atom stereocenters. The Morgan fingerprint density at radius 3 is 1.57 bits per heavy atom. The van der Waals surface area contributed by atoms with Gasteiger partial charge in [0.15, 0.2) is 0 Å². The van der Waals surface area contributed by atoms with Gasteiger partial charge in [-0.1, -0.05) is 112 Å². The number of hydrogen-bond acceptors (Lipinski definition) is 8. The lowest BCUT2D eigenvalue weighted by molar-refractivity contribution is -0.0663. The standard InChI is InChI=1S/C29H38O8S2Si/c1-29(2,3)40(25-17-11-7-12-18-25,26-19-13-8-14-20-26)36-23-28(37-39(5,32)33)27(22-35-38(4,30)31)34-21-24-15-9-6-10-16-24/h6-20,27-28H,21-23H2,1-5H3/t27-,28-/m1/s1. The summed E-state index contributed by atoms with van der Waals surface area (Å²) >= 11 is 0. The van der Waals surface area contributed by atoms with Crippen LogP contribution in [-0.2, 0) is 44.4 Å². The molecule has 0 amide bonds. The van der Waals surface area contributed by atoms with Crippen molar-refractivity contribution in [3.05, 3.63) is 96.6 Å². The molecular weight excluding hydrogens is 569 g/mol. The van der Waals surface area contributed by atoms with Crippen LogP contribution in [0.25, 0.3) is 0 Å². The van der Waals surface area contributed by atoms with Crippen LogP contribution in [0.4, 0.5) is 0 Å². The minimum atomic E-state index is -3.99. The first-order valence-electron chi connectivity index (χ1n) is 12.8. The van der Waals surface area contributed by atoms with Crippen LogP contribution in [0.1, 0.15) is 26.3 Å². The van der Waals surface area contributed by atoms with Crippen molar-refractivity contribution in [1.82, 2.24) is 0 Å². The summed E-state index contributed by atoms with van der Waals surface area (Å²) in [6, 6.07) is 29.0. The van der Waals surface area contributed by atoms with Crippen molar-refractivity contribution in [3.63, 3.8) is 0 Å². The summed E-state index contributed by atoms with van der Waals surface area (Å²) in [4.78, 5) is 0. The monoisotopic (exact) mass is 606 g/mol. The van der Waals surface area contributed by atoms with E-state index in [1.807, 2.05) is 91.0 Å². The summed E-state index contributed by atoms with van der Waals surface area (Å²) in [5.74, 6) is 0. The van der Waals surface area contributed by atoms with Crippen LogP contribution in [0.2, 0.25) is 5.04 Å². The maximum Gasteiger partial charge on any atom is 0.264 e. The van der Waals surface area contributed by atoms with E-state index in [9.17, 15) is 16.8 Å². The maximum atomic E-state index is 12.4. The lowest BCUT2D eigenvalue weighted by Crippen LogP contribution is -2.67. The van der Waals surface area contributed by atoms with E-state index >= 15 is 0 Å². The molecule has 0 saturated carbocycles. The van der Waals surface area contributed by atoms with Crippen molar-refractivity contribution in [2.45, 2.75) is 44.6 Å². The van der Waals surface area contributed by atoms with Crippen molar-refractivity contribution < 1.29 is 34.4 Å². The summed E-state index contributed by atoms with van der Waals surface area (Å²) in [6.45, 7) is 5.75. The molecule has 218 valence electrons. The molecule has 0 spiro atoms. The van der Waals surface area contributed by atoms with Crippen LogP contribution in [0.3, 0.4) is 0 Å². The molecule has 0 bridgehead atoms. The topological polar surface area (TPSA) is 105 Å². The van der Waals surface area contributed by atoms with Crippen molar-refractivity contribution in [2.75, 3.05) is 25.7 Å². The van der Waals surface area contributed by atoms with Crippen molar-refractivity contribution >= 4 is 38.9 Å². The van der Waals surface area contributed by atoms with Crippen LogP contribution in [0.15, 0.2) is 91.0 Å². The van der Waals surface area contributed by atoms with Gasteiger partial charge in [0.05, 0.1) is 32.3 Å². The Balaban J connectivity index is 2.05. The molecule has 0 fully saturated rings. The molecule has 3 aromatic carbocycles. The Morgan fingerprint density at radius 2 is 1.15 bits per heavy atom. The average molecular weight is 607 g/mol. The van der Waals surface area contributed by atoms with Crippen LogP contribution < -0.4 is 10.4 Å². The number of rotatable bonds is 14. The highest BCUT2D eigenvalue weighted by atomic mass is 32.2. The van der Waals surface area contributed by atoms with Gasteiger partial charge in [0, 0.05) is 0 Å². The first-order chi connectivity index (χ1) is 18.7. The largest absolute Gasteiger partial charge is 0.405 e. The third-order valence-corrected chi connectivity index (χ3v) is 12.5. The smallest absolute Gasteiger partial charge is 0.264 e. The molecule has 0 aliphatic heterocycles. The highest BCUT2D eigenvalue weighted by Gasteiger charge is 2.51. The second-order valence-electron chi connectivity index (χ2n) is 10.6. The molecule has 40 heavy (non-hydrogen) atoms. The minimum absolute atomic E-state index is 0.0848. The Bertz CT molecular complexity index is 1370. The lowest BCUT2D eigenvalue weighted by atomic mass is 10.2. The summed E-state index contributed by atoms with van der Waals surface area (Å²) in [5.41, 5.74) is 0.817. The lowest BCUT2D eigenvalue weighted by Gasteiger charge is -2.44. The summed E-state index contributed by atoms with van der Waals surface area (Å²) < 4.78 is 72.1. The Kier molecular flexibility index (Phi) is 10.9. The van der Waals surface area contributed by atoms with E-state index in [1.54, 1.807) is 0 Å². The number of benzene rings is 3. The third kappa shape index (κ3) is 9.07. The molecule has 0 radical (unpaired) electrons. The van der Waals surface area contributed by atoms with Gasteiger partial charge in [-0.2, -0.15) is 16.8 Å². The zero-order valence-electron chi connectivity index (χ0n) is 23.5. The van der Waals surface area contributed by atoms with Crippen molar-refractivity contribution in [3.8, 4) is 0 Å². The van der Waals surface area contributed by atoms with Gasteiger partial charge in [0.25, 0.3) is 28.6 Å². The summed E-state index contributed by atoms with van der Waals surface area (Å²) in [6.07, 6.45) is -0.411. The fourth-order valence-electron chi connectivity index (χ4n) is 4.62. The van der Waals surface area contributed by atoms with E-state index in [0.717, 1.165) is 28.4 Å². The second-order valence-corrected chi connectivity index (χ2v) is 18.2. The zero-order valence-corrected chi connectivity index (χ0v) is 26.2. The molecule has 8 nitrogen and oxygen atoms in total. The molecule has 0 N–H and O–H groups in total. The molecule has 0 unspecified atom stereocenters. The number of hydrogen-bond donors (Lipinski definition) is 0. The van der Waals surface area contributed by atoms with E-state index in [4.69, 9.17) is 17.5 Å². The first kappa shape index (κ1) is 32.1. The Labute approximate surface area is 239 Å². The highest BCUT2D eigenvalue weighted by Crippen LogP contribution is 2.37. The first-order valence-corrected chi connectivity index (χ1v) is 18.4. The van der Waals surface area contributed by atoms with Gasteiger partial charge >= 0.3 is 0 Å². The normalized spacial score (nSPS) is 14.5. The molecule has 0 heterocycles. The SMILES string of the molecule is CC(C)(C)[Si](OC[C@@H](OS(C)(=O)=O)[C@@H](COS(C)(=O)=O)OCc1ccccc1)(c1ccccc1)c1ccccc1. The molecule has 3 rings (SSSR count). The molecule has 3 aromatic rings. The zero-order chi connectivity index (χ0) is 29.4. The fourth-order valence-corrected chi connectivity index (χ4v) is 10.2. The minimum Gasteiger partial charge on any atom is -0.405 e. The predicted octanol–water partition coefficient (Wildman–Crippen LogP) is 3.47. The summed E-state index contributed by atoms with van der Waals surface area (Å²) in [7, 11) is -10.9. The van der Waals surface area contributed by atoms with Crippen molar-refractivity contribution in [1.29, 1.82) is 0 Å². The number of ether oxygens (including phenoxy) is 1. The molecule has 0 aromatic heterocycles. The van der Waals surface area contributed by atoms with Gasteiger partial charge in [0.1, 0.15) is 12.2 Å². The fraction of sp³-hybridized carbons (Fsp3) is 0.379. The van der Waals surface area contributed by atoms with Crippen LogP contribution in [0.5, 0.6) is 0 Å². The van der Waals surface area contributed by atoms with Crippen LogP contribution in [-0.4, -0.2) is 63.1 Å². The Morgan fingerprint density at radius 1 is 0.675 bits per heavy atom. The summed E-state index contributed by atoms with van der Waals surface area (Å²) in [5, 5.41) is 1.62. The van der Waals surface area contributed by atoms with Gasteiger partial charge < -0.3 is 9.16 Å². The molecule has 0 aliphatic carbocycles.